The van der Waals surface area contributed by atoms with Crippen LogP contribution < -0.4 is 4.90 Å². The Morgan fingerprint density at radius 3 is 2.70 bits per heavy atom. The first kappa shape index (κ1) is 19.0. The summed E-state index contributed by atoms with van der Waals surface area (Å²) < 4.78 is 16.5. The van der Waals surface area contributed by atoms with E-state index < -0.39 is 6.10 Å². The third-order valence-electron chi connectivity index (χ3n) is 6.36. The second kappa shape index (κ2) is 7.71. The lowest BCUT2D eigenvalue weighted by atomic mass is 9.77. The molecule has 1 aliphatic carbocycles. The third kappa shape index (κ3) is 3.32. The van der Waals surface area contributed by atoms with Crippen molar-refractivity contribution in [1.82, 2.24) is 29.9 Å². The average molecular weight is 409 g/mol. The molecule has 4 heterocycles. The zero-order valence-corrected chi connectivity index (χ0v) is 16.8. The molecule has 2 fully saturated rings. The standard InChI is InChI=1S/C21H24FN7O/c1-2-15-20(22)21(25-12-24-15)28-9-13-7-18(19(30)8-14(13)10-28)29-11-17(26-27-29)16-5-3-4-6-23-16/h3-6,11-14,18-19,30H,2,7-10H2,1H3/t13-,14+,18-,19-/m1/s1. The molecule has 1 N–H and O–H groups in total. The van der Waals surface area contributed by atoms with Crippen LogP contribution in [0.1, 0.15) is 31.5 Å². The van der Waals surface area contributed by atoms with Gasteiger partial charge in [0.2, 0.25) is 0 Å². The van der Waals surface area contributed by atoms with Crippen molar-refractivity contribution in [3.8, 4) is 11.4 Å². The maximum atomic E-state index is 14.7. The van der Waals surface area contributed by atoms with Gasteiger partial charge in [-0.3, -0.25) is 4.98 Å². The highest BCUT2D eigenvalue weighted by molar-refractivity contribution is 5.51. The second-order valence-electron chi connectivity index (χ2n) is 8.14. The van der Waals surface area contributed by atoms with Crippen LogP contribution in [0.4, 0.5) is 10.2 Å². The first-order valence-electron chi connectivity index (χ1n) is 10.4. The van der Waals surface area contributed by atoms with E-state index in [2.05, 4.69) is 25.3 Å². The van der Waals surface area contributed by atoms with Crippen LogP contribution in [0.15, 0.2) is 36.9 Å². The van der Waals surface area contributed by atoms with Crippen molar-refractivity contribution in [2.75, 3.05) is 18.0 Å². The third-order valence-corrected chi connectivity index (χ3v) is 6.36. The van der Waals surface area contributed by atoms with Gasteiger partial charge in [0, 0.05) is 19.3 Å². The maximum Gasteiger partial charge on any atom is 0.187 e. The van der Waals surface area contributed by atoms with Gasteiger partial charge in [-0.05, 0) is 43.2 Å². The van der Waals surface area contributed by atoms with Crippen LogP contribution in [0.5, 0.6) is 0 Å². The monoisotopic (exact) mass is 409 g/mol. The Balaban J connectivity index is 1.34. The summed E-state index contributed by atoms with van der Waals surface area (Å²) in [7, 11) is 0. The first-order chi connectivity index (χ1) is 14.6. The molecule has 4 atom stereocenters. The van der Waals surface area contributed by atoms with Crippen LogP contribution >= 0.6 is 0 Å². The van der Waals surface area contributed by atoms with Crippen LogP contribution in [0.3, 0.4) is 0 Å². The van der Waals surface area contributed by atoms with Gasteiger partial charge >= 0.3 is 0 Å². The predicted molar refractivity (Wildman–Crippen MR) is 108 cm³/mol. The number of hydrogen-bond acceptors (Lipinski definition) is 7. The number of anilines is 1. The fourth-order valence-electron chi connectivity index (χ4n) is 4.80. The SMILES string of the molecule is CCc1ncnc(N2C[C@H]3C[C@@H](n4cc(-c5ccccn5)nn4)[C@H](O)C[C@H]3C2)c1F. The van der Waals surface area contributed by atoms with Gasteiger partial charge in [0.05, 0.1) is 29.7 Å². The molecule has 1 aliphatic heterocycles. The van der Waals surface area contributed by atoms with Gasteiger partial charge in [-0.2, -0.15) is 0 Å². The summed E-state index contributed by atoms with van der Waals surface area (Å²) >= 11 is 0. The molecule has 3 aromatic heterocycles. The van der Waals surface area contributed by atoms with E-state index in [0.717, 1.165) is 12.1 Å². The molecule has 0 aromatic carbocycles. The Morgan fingerprint density at radius 2 is 1.93 bits per heavy atom. The largest absolute Gasteiger partial charge is 0.391 e. The van der Waals surface area contributed by atoms with Crippen molar-refractivity contribution in [3.05, 3.63) is 48.4 Å². The highest BCUT2D eigenvalue weighted by atomic mass is 19.1. The van der Waals surface area contributed by atoms with Crippen molar-refractivity contribution in [3.63, 3.8) is 0 Å². The fraction of sp³-hybridized carbons (Fsp3) is 0.476. The van der Waals surface area contributed by atoms with E-state index >= 15 is 0 Å². The van der Waals surface area contributed by atoms with E-state index in [4.69, 9.17) is 0 Å². The van der Waals surface area contributed by atoms with E-state index in [1.54, 1.807) is 10.9 Å². The molecule has 0 amide bonds. The lowest BCUT2D eigenvalue weighted by Crippen LogP contribution is -2.36. The number of aliphatic hydroxyl groups is 1. The molecule has 0 unspecified atom stereocenters. The van der Waals surface area contributed by atoms with Crippen molar-refractivity contribution in [1.29, 1.82) is 0 Å². The lowest BCUT2D eigenvalue weighted by Gasteiger charge is -2.34. The summed E-state index contributed by atoms with van der Waals surface area (Å²) in [5.74, 6) is 0.683. The van der Waals surface area contributed by atoms with Gasteiger partial charge in [-0.1, -0.05) is 18.2 Å². The number of nitrogens with zero attached hydrogens (tertiary/aromatic N) is 7. The summed E-state index contributed by atoms with van der Waals surface area (Å²) in [6.45, 7) is 3.30. The number of rotatable bonds is 4. The van der Waals surface area contributed by atoms with E-state index in [1.807, 2.05) is 36.2 Å². The smallest absolute Gasteiger partial charge is 0.187 e. The number of aryl methyl sites for hydroxylation is 1. The van der Waals surface area contributed by atoms with E-state index in [9.17, 15) is 9.50 Å². The molecular weight excluding hydrogens is 385 g/mol. The van der Waals surface area contributed by atoms with E-state index in [0.29, 0.717) is 55.0 Å². The zero-order chi connectivity index (χ0) is 20.7. The number of fused-ring (bicyclic) bond motifs is 1. The van der Waals surface area contributed by atoms with Crippen LogP contribution in [0.2, 0.25) is 0 Å². The van der Waals surface area contributed by atoms with E-state index in [-0.39, 0.29) is 11.9 Å². The van der Waals surface area contributed by atoms with Crippen LogP contribution in [0, 0.1) is 17.7 Å². The van der Waals surface area contributed by atoms with Gasteiger partial charge in [0.1, 0.15) is 12.0 Å². The Morgan fingerprint density at radius 1 is 1.10 bits per heavy atom. The Labute approximate surface area is 173 Å². The average Bonchev–Trinajstić information content (AvgIpc) is 3.41. The van der Waals surface area contributed by atoms with Gasteiger partial charge in [0.25, 0.3) is 0 Å². The van der Waals surface area contributed by atoms with Gasteiger partial charge in [-0.25, -0.2) is 19.0 Å². The number of halogens is 1. The predicted octanol–water partition coefficient (Wildman–Crippen LogP) is 2.28. The molecule has 5 rings (SSSR count). The maximum absolute atomic E-state index is 14.7. The molecule has 8 nitrogen and oxygen atoms in total. The minimum atomic E-state index is -0.522. The van der Waals surface area contributed by atoms with Crippen molar-refractivity contribution in [2.24, 2.45) is 11.8 Å². The highest BCUT2D eigenvalue weighted by Crippen LogP contribution is 2.42. The summed E-state index contributed by atoms with van der Waals surface area (Å²) in [5, 5.41) is 19.3. The van der Waals surface area contributed by atoms with Crippen LogP contribution in [0.25, 0.3) is 11.4 Å². The number of hydrogen-bond donors (Lipinski definition) is 1. The Kier molecular flexibility index (Phi) is 4.90. The quantitative estimate of drug-likeness (QED) is 0.707. The normalized spacial score (nSPS) is 26.0. The van der Waals surface area contributed by atoms with Crippen LogP contribution in [-0.2, 0) is 6.42 Å². The summed E-state index contributed by atoms with van der Waals surface area (Å²) in [6.07, 6.45) is 6.43. The fourth-order valence-corrected chi connectivity index (χ4v) is 4.80. The minimum absolute atomic E-state index is 0.155. The molecule has 0 radical (unpaired) electrons. The molecule has 30 heavy (non-hydrogen) atoms. The first-order valence-corrected chi connectivity index (χ1v) is 10.4. The van der Waals surface area contributed by atoms with Crippen molar-refractivity contribution < 1.29 is 9.50 Å². The molecule has 2 aliphatic rings. The molecular formula is C21H24FN7O. The highest BCUT2D eigenvalue weighted by Gasteiger charge is 2.43. The van der Waals surface area contributed by atoms with Gasteiger partial charge in [0.15, 0.2) is 11.6 Å². The summed E-state index contributed by atoms with van der Waals surface area (Å²) in [4.78, 5) is 14.6. The summed E-state index contributed by atoms with van der Waals surface area (Å²) in [5.41, 5.74) is 1.88. The van der Waals surface area contributed by atoms with Gasteiger partial charge < -0.3 is 10.0 Å². The molecule has 156 valence electrons. The van der Waals surface area contributed by atoms with Gasteiger partial charge in [-0.15, -0.1) is 5.10 Å². The molecule has 1 saturated carbocycles. The number of aliphatic hydroxyl groups excluding tert-OH is 1. The Bertz CT molecular complexity index is 1030. The number of pyridine rings is 1. The number of aromatic nitrogens is 6. The minimum Gasteiger partial charge on any atom is -0.391 e. The second-order valence-corrected chi connectivity index (χ2v) is 8.14. The van der Waals surface area contributed by atoms with Crippen molar-refractivity contribution >= 4 is 5.82 Å². The summed E-state index contributed by atoms with van der Waals surface area (Å²) in [6, 6.07) is 5.49. The van der Waals surface area contributed by atoms with E-state index in [1.165, 1.54) is 6.33 Å². The molecule has 3 aromatic rings. The topological polar surface area (TPSA) is 92.9 Å². The zero-order valence-electron chi connectivity index (χ0n) is 16.8. The Hall–Kier alpha value is -2.94. The molecule has 0 bridgehead atoms. The molecule has 0 spiro atoms. The van der Waals surface area contributed by atoms with Crippen molar-refractivity contribution in [2.45, 2.75) is 38.3 Å². The lowest BCUT2D eigenvalue weighted by molar-refractivity contribution is 0.0299. The van der Waals surface area contributed by atoms with Crippen LogP contribution in [-0.4, -0.2) is 54.2 Å². The molecule has 1 saturated heterocycles. The molecule has 9 heteroatoms.